The Morgan fingerprint density at radius 1 is 1.00 bits per heavy atom. The number of hydroxylamine groups is 1. The third kappa shape index (κ3) is 6.13. The zero-order chi connectivity index (χ0) is 10.8. The number of benzene rings is 1. The van der Waals surface area contributed by atoms with Gasteiger partial charge < -0.3 is 4.84 Å². The predicted molar refractivity (Wildman–Crippen MR) is 63.8 cm³/mol. The van der Waals surface area contributed by atoms with Crippen LogP contribution in [0.4, 0.5) is 0 Å². The van der Waals surface area contributed by atoms with Crippen LogP contribution in [0.25, 0.3) is 0 Å². The molecular formula is C13H21NO. The third-order valence-electron chi connectivity index (χ3n) is 2.32. The van der Waals surface area contributed by atoms with E-state index in [-0.39, 0.29) is 0 Å². The van der Waals surface area contributed by atoms with Gasteiger partial charge in [0.15, 0.2) is 0 Å². The molecule has 2 heteroatoms. The van der Waals surface area contributed by atoms with Gasteiger partial charge in [0.2, 0.25) is 0 Å². The molecule has 0 spiro atoms. The van der Waals surface area contributed by atoms with Crippen molar-refractivity contribution < 1.29 is 4.84 Å². The van der Waals surface area contributed by atoms with E-state index in [0.717, 1.165) is 12.3 Å². The van der Waals surface area contributed by atoms with Gasteiger partial charge in [-0.2, -0.15) is 5.48 Å². The van der Waals surface area contributed by atoms with Crippen molar-refractivity contribution in [2.75, 3.05) is 6.54 Å². The van der Waals surface area contributed by atoms with Gasteiger partial charge in [0, 0.05) is 6.54 Å². The van der Waals surface area contributed by atoms with Gasteiger partial charge in [0.1, 0.15) is 5.75 Å². The first-order valence-corrected chi connectivity index (χ1v) is 5.88. The first-order chi connectivity index (χ1) is 7.43. The average molecular weight is 207 g/mol. The van der Waals surface area contributed by atoms with Crippen LogP contribution in [0, 0.1) is 0 Å². The summed E-state index contributed by atoms with van der Waals surface area (Å²) < 4.78 is 0. The molecule has 0 heterocycles. The van der Waals surface area contributed by atoms with Gasteiger partial charge >= 0.3 is 0 Å². The summed E-state index contributed by atoms with van der Waals surface area (Å²) in [4.78, 5) is 5.36. The van der Waals surface area contributed by atoms with Crippen molar-refractivity contribution in [3.05, 3.63) is 30.3 Å². The minimum absolute atomic E-state index is 0.881. The molecule has 84 valence electrons. The lowest BCUT2D eigenvalue weighted by atomic mass is 10.2. The molecule has 0 aromatic heterocycles. The Morgan fingerprint density at radius 3 is 2.47 bits per heavy atom. The van der Waals surface area contributed by atoms with Gasteiger partial charge in [-0.3, -0.25) is 0 Å². The van der Waals surface area contributed by atoms with Crippen LogP contribution in [0.5, 0.6) is 5.75 Å². The normalized spacial score (nSPS) is 10.2. The molecule has 0 amide bonds. The SMILES string of the molecule is CCCCCCCNOc1ccccc1. The summed E-state index contributed by atoms with van der Waals surface area (Å²) >= 11 is 0. The molecule has 1 aromatic rings. The predicted octanol–water partition coefficient (Wildman–Crippen LogP) is 3.54. The van der Waals surface area contributed by atoms with E-state index in [2.05, 4.69) is 12.4 Å². The monoisotopic (exact) mass is 207 g/mol. The highest BCUT2D eigenvalue weighted by molar-refractivity contribution is 5.20. The van der Waals surface area contributed by atoms with Crippen molar-refractivity contribution in [3.8, 4) is 5.75 Å². The lowest BCUT2D eigenvalue weighted by molar-refractivity contribution is 0.193. The van der Waals surface area contributed by atoms with Crippen LogP contribution in [0.2, 0.25) is 0 Å². The first kappa shape index (κ1) is 12.1. The topological polar surface area (TPSA) is 21.3 Å². The van der Waals surface area contributed by atoms with Crippen LogP contribution in [-0.2, 0) is 0 Å². The van der Waals surface area contributed by atoms with Crippen LogP contribution in [0.3, 0.4) is 0 Å². The van der Waals surface area contributed by atoms with E-state index >= 15 is 0 Å². The standard InChI is InChI=1S/C13H21NO/c1-2-3-4-5-9-12-14-15-13-10-7-6-8-11-13/h6-8,10-11,14H,2-5,9,12H2,1H3. The highest BCUT2D eigenvalue weighted by Crippen LogP contribution is 2.06. The van der Waals surface area contributed by atoms with Crippen molar-refractivity contribution in [1.29, 1.82) is 0 Å². The zero-order valence-electron chi connectivity index (χ0n) is 9.54. The van der Waals surface area contributed by atoms with Gasteiger partial charge in [-0.1, -0.05) is 50.8 Å². The van der Waals surface area contributed by atoms with Gasteiger partial charge in [-0.15, -0.1) is 0 Å². The van der Waals surface area contributed by atoms with Crippen LogP contribution < -0.4 is 10.3 Å². The Balaban J connectivity index is 1.93. The maximum absolute atomic E-state index is 5.36. The number of hydrogen-bond acceptors (Lipinski definition) is 2. The maximum atomic E-state index is 5.36. The van der Waals surface area contributed by atoms with E-state index < -0.39 is 0 Å². The smallest absolute Gasteiger partial charge is 0.147 e. The van der Waals surface area contributed by atoms with Gasteiger partial charge in [-0.05, 0) is 18.6 Å². The van der Waals surface area contributed by atoms with E-state index in [0.29, 0.717) is 0 Å². The van der Waals surface area contributed by atoms with E-state index in [4.69, 9.17) is 4.84 Å². The summed E-state index contributed by atoms with van der Waals surface area (Å²) in [5, 5.41) is 0. The summed E-state index contributed by atoms with van der Waals surface area (Å²) in [5.41, 5.74) is 2.98. The summed E-state index contributed by atoms with van der Waals surface area (Å²) in [6, 6.07) is 9.82. The molecule has 0 bridgehead atoms. The highest BCUT2D eigenvalue weighted by atomic mass is 16.6. The fraction of sp³-hybridized carbons (Fsp3) is 0.538. The lowest BCUT2D eigenvalue weighted by Crippen LogP contribution is -2.19. The molecule has 0 saturated carbocycles. The minimum atomic E-state index is 0.881. The number of para-hydroxylation sites is 1. The summed E-state index contributed by atoms with van der Waals surface area (Å²) in [6.45, 7) is 3.16. The highest BCUT2D eigenvalue weighted by Gasteiger charge is 1.91. The molecule has 0 atom stereocenters. The number of nitrogens with one attached hydrogen (secondary N) is 1. The molecule has 1 rings (SSSR count). The third-order valence-corrected chi connectivity index (χ3v) is 2.32. The molecule has 0 radical (unpaired) electrons. The average Bonchev–Trinajstić information content (AvgIpc) is 2.29. The Kier molecular flexibility index (Phi) is 6.67. The van der Waals surface area contributed by atoms with Crippen molar-refractivity contribution in [3.63, 3.8) is 0 Å². The molecule has 0 aliphatic rings. The molecular weight excluding hydrogens is 186 g/mol. The van der Waals surface area contributed by atoms with Gasteiger partial charge in [-0.25, -0.2) is 0 Å². The summed E-state index contributed by atoms with van der Waals surface area (Å²) in [5.74, 6) is 0.881. The van der Waals surface area contributed by atoms with Gasteiger partial charge in [0.05, 0.1) is 0 Å². The minimum Gasteiger partial charge on any atom is -0.409 e. The lowest BCUT2D eigenvalue weighted by Gasteiger charge is -2.06. The number of rotatable bonds is 8. The van der Waals surface area contributed by atoms with Crippen LogP contribution >= 0.6 is 0 Å². The van der Waals surface area contributed by atoms with Crippen LogP contribution in [0.1, 0.15) is 39.0 Å². The Labute approximate surface area is 92.6 Å². The molecule has 0 aliphatic heterocycles. The summed E-state index contributed by atoms with van der Waals surface area (Å²) in [7, 11) is 0. The van der Waals surface area contributed by atoms with Crippen LogP contribution in [0.15, 0.2) is 30.3 Å². The fourth-order valence-electron chi connectivity index (χ4n) is 1.42. The molecule has 0 saturated heterocycles. The molecule has 0 unspecified atom stereocenters. The molecule has 1 aromatic carbocycles. The number of unbranched alkanes of at least 4 members (excludes halogenated alkanes) is 4. The maximum Gasteiger partial charge on any atom is 0.147 e. The van der Waals surface area contributed by atoms with E-state index in [9.17, 15) is 0 Å². The molecule has 0 aliphatic carbocycles. The Hall–Kier alpha value is -1.02. The second-order valence-corrected chi connectivity index (χ2v) is 3.72. The molecule has 2 nitrogen and oxygen atoms in total. The largest absolute Gasteiger partial charge is 0.409 e. The second kappa shape index (κ2) is 8.30. The van der Waals surface area contributed by atoms with E-state index in [1.54, 1.807) is 0 Å². The molecule has 0 fully saturated rings. The summed E-state index contributed by atoms with van der Waals surface area (Å²) in [6.07, 6.45) is 6.46. The van der Waals surface area contributed by atoms with Gasteiger partial charge in [0.25, 0.3) is 0 Å². The second-order valence-electron chi connectivity index (χ2n) is 3.72. The van der Waals surface area contributed by atoms with E-state index in [1.165, 1.54) is 32.1 Å². The zero-order valence-corrected chi connectivity index (χ0v) is 9.54. The molecule has 15 heavy (non-hydrogen) atoms. The van der Waals surface area contributed by atoms with Crippen molar-refractivity contribution >= 4 is 0 Å². The molecule has 1 N–H and O–H groups in total. The van der Waals surface area contributed by atoms with Crippen molar-refractivity contribution in [2.24, 2.45) is 0 Å². The fourth-order valence-corrected chi connectivity index (χ4v) is 1.42. The Morgan fingerprint density at radius 2 is 1.73 bits per heavy atom. The van der Waals surface area contributed by atoms with Crippen molar-refractivity contribution in [2.45, 2.75) is 39.0 Å². The van der Waals surface area contributed by atoms with Crippen molar-refractivity contribution in [1.82, 2.24) is 5.48 Å². The quantitative estimate of drug-likeness (QED) is 0.520. The van der Waals surface area contributed by atoms with E-state index in [1.807, 2.05) is 30.3 Å². The van der Waals surface area contributed by atoms with Crippen LogP contribution in [-0.4, -0.2) is 6.54 Å². The first-order valence-electron chi connectivity index (χ1n) is 5.88. The Bertz CT molecular complexity index is 236. The number of hydrogen-bond donors (Lipinski definition) is 1.